The van der Waals surface area contributed by atoms with Crippen LogP contribution in [0.25, 0.3) is 0 Å². The summed E-state index contributed by atoms with van der Waals surface area (Å²) in [5.74, 6) is 1.77. The lowest BCUT2D eigenvalue weighted by Gasteiger charge is -2.18. The number of hydrogen-bond acceptors (Lipinski definition) is 6. The van der Waals surface area contributed by atoms with Crippen molar-refractivity contribution in [2.75, 3.05) is 11.6 Å². The minimum atomic E-state index is -0.0780. The molecule has 1 fully saturated rings. The second-order valence-electron chi connectivity index (χ2n) is 4.49. The minimum absolute atomic E-state index is 0.0338. The van der Waals surface area contributed by atoms with Crippen LogP contribution in [0, 0.1) is 0 Å². The quantitative estimate of drug-likeness (QED) is 0.885. The van der Waals surface area contributed by atoms with E-state index in [0.717, 1.165) is 23.1 Å². The Labute approximate surface area is 130 Å². The average molecular weight is 325 g/mol. The number of nitrogens with one attached hydrogen (secondary N) is 2. The van der Waals surface area contributed by atoms with Gasteiger partial charge in [-0.1, -0.05) is 6.07 Å². The highest BCUT2D eigenvalue weighted by atomic mass is 32.2. The third kappa shape index (κ3) is 3.41. The van der Waals surface area contributed by atoms with Crippen molar-refractivity contribution in [2.45, 2.75) is 18.5 Å². The van der Waals surface area contributed by atoms with Gasteiger partial charge in [-0.2, -0.15) is 0 Å². The number of thiazole rings is 1. The SMILES string of the molecule is O=C(N[C@@H](Cc1cccs1)c1nccs1)[C@@H]1CSCN1. The van der Waals surface area contributed by atoms with Gasteiger partial charge >= 0.3 is 0 Å². The topological polar surface area (TPSA) is 54.0 Å². The number of hydrogen-bond donors (Lipinski definition) is 2. The summed E-state index contributed by atoms with van der Waals surface area (Å²) in [6.07, 6.45) is 2.59. The molecule has 0 radical (unpaired) electrons. The Kier molecular flexibility index (Phi) is 4.72. The monoisotopic (exact) mass is 325 g/mol. The van der Waals surface area contributed by atoms with Gasteiger partial charge in [0.25, 0.3) is 0 Å². The van der Waals surface area contributed by atoms with E-state index in [9.17, 15) is 4.79 Å². The maximum absolute atomic E-state index is 12.3. The summed E-state index contributed by atoms with van der Waals surface area (Å²) in [5, 5.41) is 11.3. The number of amides is 1. The van der Waals surface area contributed by atoms with E-state index in [1.165, 1.54) is 4.88 Å². The predicted octanol–water partition coefficient (Wildman–Crippen LogP) is 2.27. The van der Waals surface area contributed by atoms with Crippen molar-refractivity contribution in [3.8, 4) is 0 Å². The molecule has 0 aliphatic carbocycles. The van der Waals surface area contributed by atoms with Gasteiger partial charge in [-0.15, -0.1) is 34.4 Å². The van der Waals surface area contributed by atoms with Gasteiger partial charge in [0.2, 0.25) is 5.91 Å². The van der Waals surface area contributed by atoms with Crippen LogP contribution in [-0.2, 0) is 11.2 Å². The molecule has 1 saturated heterocycles. The number of thioether (sulfide) groups is 1. The van der Waals surface area contributed by atoms with Gasteiger partial charge in [0.05, 0.1) is 12.1 Å². The number of carbonyl (C=O) groups excluding carboxylic acids is 1. The smallest absolute Gasteiger partial charge is 0.238 e. The fourth-order valence-electron chi connectivity index (χ4n) is 2.07. The normalized spacial score (nSPS) is 19.9. The second kappa shape index (κ2) is 6.71. The van der Waals surface area contributed by atoms with E-state index < -0.39 is 0 Å². The van der Waals surface area contributed by atoms with E-state index in [1.807, 2.05) is 11.4 Å². The summed E-state index contributed by atoms with van der Waals surface area (Å²) in [6.45, 7) is 0. The van der Waals surface area contributed by atoms with Gasteiger partial charge in [-0.05, 0) is 11.4 Å². The molecule has 1 aliphatic rings. The van der Waals surface area contributed by atoms with Crippen LogP contribution in [0.15, 0.2) is 29.1 Å². The lowest BCUT2D eigenvalue weighted by Crippen LogP contribution is -2.43. The molecule has 1 amide bonds. The molecule has 2 aromatic rings. The van der Waals surface area contributed by atoms with Crippen molar-refractivity contribution >= 4 is 40.3 Å². The molecule has 4 nitrogen and oxygen atoms in total. The van der Waals surface area contributed by atoms with Crippen molar-refractivity contribution in [3.05, 3.63) is 39.0 Å². The standard InChI is InChI=1S/C13H15N3OS3/c17-12(11-7-18-8-15-11)16-10(13-14-3-5-20-13)6-9-2-1-4-19-9/h1-5,10-11,15H,6-8H2,(H,16,17)/t10-,11-/m0/s1. The van der Waals surface area contributed by atoms with E-state index in [2.05, 4.69) is 27.1 Å². The Hall–Kier alpha value is -0.890. The zero-order valence-corrected chi connectivity index (χ0v) is 13.2. The molecule has 20 heavy (non-hydrogen) atoms. The fourth-order valence-corrected chi connectivity index (χ4v) is 4.46. The van der Waals surface area contributed by atoms with Crippen molar-refractivity contribution in [1.82, 2.24) is 15.6 Å². The van der Waals surface area contributed by atoms with Gasteiger partial charge in [-0.3, -0.25) is 10.1 Å². The number of aromatic nitrogens is 1. The molecule has 0 unspecified atom stereocenters. The largest absolute Gasteiger partial charge is 0.345 e. The van der Waals surface area contributed by atoms with E-state index in [-0.39, 0.29) is 18.0 Å². The van der Waals surface area contributed by atoms with Crippen molar-refractivity contribution in [2.24, 2.45) is 0 Å². The van der Waals surface area contributed by atoms with Gasteiger partial charge in [-0.25, -0.2) is 4.98 Å². The highest BCUT2D eigenvalue weighted by molar-refractivity contribution is 7.99. The van der Waals surface area contributed by atoms with Gasteiger partial charge in [0, 0.05) is 34.5 Å². The van der Waals surface area contributed by atoms with E-state index in [4.69, 9.17) is 0 Å². The van der Waals surface area contributed by atoms with Crippen molar-refractivity contribution in [3.63, 3.8) is 0 Å². The molecule has 7 heteroatoms. The summed E-state index contributed by atoms with van der Waals surface area (Å²) in [5.41, 5.74) is 0. The fraction of sp³-hybridized carbons (Fsp3) is 0.385. The van der Waals surface area contributed by atoms with Crippen LogP contribution in [0.1, 0.15) is 15.9 Å². The molecule has 2 aromatic heterocycles. The first-order chi connectivity index (χ1) is 9.83. The molecule has 2 atom stereocenters. The summed E-state index contributed by atoms with van der Waals surface area (Å²) < 4.78 is 0. The van der Waals surface area contributed by atoms with E-state index in [1.54, 1.807) is 40.6 Å². The van der Waals surface area contributed by atoms with Crippen LogP contribution in [0.4, 0.5) is 0 Å². The highest BCUT2D eigenvalue weighted by Gasteiger charge is 2.26. The Morgan fingerprint density at radius 3 is 3.10 bits per heavy atom. The zero-order valence-electron chi connectivity index (χ0n) is 10.7. The number of carbonyl (C=O) groups is 1. The summed E-state index contributed by atoms with van der Waals surface area (Å²) in [7, 11) is 0. The van der Waals surface area contributed by atoms with Crippen LogP contribution < -0.4 is 10.6 Å². The number of thiophene rings is 1. The third-order valence-corrected chi connectivity index (χ3v) is 5.81. The highest BCUT2D eigenvalue weighted by Crippen LogP contribution is 2.23. The molecule has 3 rings (SSSR count). The Morgan fingerprint density at radius 2 is 2.45 bits per heavy atom. The lowest BCUT2D eigenvalue weighted by molar-refractivity contribution is -0.123. The molecule has 0 bridgehead atoms. The number of nitrogens with zero attached hydrogens (tertiary/aromatic N) is 1. The van der Waals surface area contributed by atoms with Crippen LogP contribution in [0.3, 0.4) is 0 Å². The molecule has 0 spiro atoms. The van der Waals surface area contributed by atoms with Crippen LogP contribution in [-0.4, -0.2) is 28.6 Å². The second-order valence-corrected chi connectivity index (χ2v) is 7.48. The summed E-state index contributed by atoms with van der Waals surface area (Å²) >= 11 is 5.06. The molecule has 0 saturated carbocycles. The molecule has 1 aliphatic heterocycles. The zero-order chi connectivity index (χ0) is 13.8. The maximum Gasteiger partial charge on any atom is 0.238 e. The molecular formula is C13H15N3OS3. The molecule has 106 valence electrons. The molecule has 2 N–H and O–H groups in total. The van der Waals surface area contributed by atoms with Crippen LogP contribution >= 0.6 is 34.4 Å². The van der Waals surface area contributed by atoms with Crippen molar-refractivity contribution < 1.29 is 4.79 Å². The summed E-state index contributed by atoms with van der Waals surface area (Å²) in [4.78, 5) is 17.9. The summed E-state index contributed by atoms with van der Waals surface area (Å²) in [6, 6.07) is 4.02. The lowest BCUT2D eigenvalue weighted by atomic mass is 10.1. The molecule has 0 aromatic carbocycles. The maximum atomic E-state index is 12.3. The van der Waals surface area contributed by atoms with E-state index >= 15 is 0 Å². The average Bonchev–Trinajstić information content (AvgIpc) is 3.20. The van der Waals surface area contributed by atoms with Crippen molar-refractivity contribution in [1.29, 1.82) is 0 Å². The Balaban J connectivity index is 1.70. The van der Waals surface area contributed by atoms with Gasteiger partial charge < -0.3 is 5.32 Å². The molecule has 3 heterocycles. The van der Waals surface area contributed by atoms with E-state index in [0.29, 0.717) is 0 Å². The Morgan fingerprint density at radius 1 is 1.50 bits per heavy atom. The molecular weight excluding hydrogens is 310 g/mol. The first-order valence-electron chi connectivity index (χ1n) is 6.36. The van der Waals surface area contributed by atoms with Crippen LogP contribution in [0.2, 0.25) is 0 Å². The van der Waals surface area contributed by atoms with Gasteiger partial charge in [0.1, 0.15) is 5.01 Å². The third-order valence-electron chi connectivity index (χ3n) is 3.08. The van der Waals surface area contributed by atoms with Crippen LogP contribution in [0.5, 0.6) is 0 Å². The first-order valence-corrected chi connectivity index (χ1v) is 9.27. The predicted molar refractivity (Wildman–Crippen MR) is 85.3 cm³/mol. The Bertz CT molecular complexity index is 535. The first kappa shape index (κ1) is 14.1. The minimum Gasteiger partial charge on any atom is -0.345 e. The van der Waals surface area contributed by atoms with Gasteiger partial charge in [0.15, 0.2) is 0 Å². The number of rotatable bonds is 5.